The topological polar surface area (TPSA) is 49.4 Å². The number of fused-ring (bicyclic) bond motifs is 1. The number of nitrogens with one attached hydrogen (secondary N) is 1. The highest BCUT2D eigenvalue weighted by atomic mass is 32.2. The number of rotatable bonds is 6. The SMILES string of the molecule is CS(=O)(=O)NCCCN1CCc2sccc2C1c1cccs1. The third kappa shape index (κ3) is 3.78. The van der Waals surface area contributed by atoms with Gasteiger partial charge >= 0.3 is 0 Å². The second-order valence-corrected chi connectivity index (χ2v) is 9.34. The van der Waals surface area contributed by atoms with Gasteiger partial charge in [0.05, 0.1) is 12.3 Å². The quantitative estimate of drug-likeness (QED) is 0.810. The third-order valence-electron chi connectivity index (χ3n) is 3.86. The van der Waals surface area contributed by atoms with Crippen LogP contribution in [0, 0.1) is 0 Å². The lowest BCUT2D eigenvalue weighted by Gasteiger charge is -2.35. The van der Waals surface area contributed by atoms with Crippen LogP contribution in [0.2, 0.25) is 0 Å². The summed E-state index contributed by atoms with van der Waals surface area (Å²) in [6.45, 7) is 2.44. The Morgan fingerprint density at radius 1 is 1.32 bits per heavy atom. The third-order valence-corrected chi connectivity index (χ3v) is 6.51. The Hall–Kier alpha value is -0.730. The molecule has 7 heteroatoms. The highest BCUT2D eigenvalue weighted by Gasteiger charge is 2.29. The van der Waals surface area contributed by atoms with Crippen molar-refractivity contribution in [1.29, 1.82) is 0 Å². The molecule has 0 amide bonds. The van der Waals surface area contributed by atoms with Gasteiger partial charge in [-0.1, -0.05) is 6.07 Å². The van der Waals surface area contributed by atoms with Gasteiger partial charge in [0.1, 0.15) is 0 Å². The van der Waals surface area contributed by atoms with Gasteiger partial charge in [-0.15, -0.1) is 22.7 Å². The summed E-state index contributed by atoms with van der Waals surface area (Å²) in [7, 11) is -3.09. The second-order valence-electron chi connectivity index (χ2n) is 5.52. The molecular formula is C15H20N2O2S3. The molecule has 0 aliphatic carbocycles. The number of thiophene rings is 2. The van der Waals surface area contributed by atoms with Gasteiger partial charge < -0.3 is 0 Å². The molecule has 1 N–H and O–H groups in total. The zero-order valence-electron chi connectivity index (χ0n) is 12.5. The first-order chi connectivity index (χ1) is 10.5. The fourth-order valence-electron chi connectivity index (χ4n) is 2.93. The zero-order chi connectivity index (χ0) is 15.6. The maximum Gasteiger partial charge on any atom is 0.208 e. The van der Waals surface area contributed by atoms with Crippen LogP contribution in [0.4, 0.5) is 0 Å². The predicted molar refractivity (Wildman–Crippen MR) is 93.2 cm³/mol. The van der Waals surface area contributed by atoms with Gasteiger partial charge in [0.15, 0.2) is 0 Å². The number of nitrogens with zero attached hydrogens (tertiary/aromatic N) is 1. The molecule has 1 aliphatic heterocycles. The molecule has 0 spiro atoms. The van der Waals surface area contributed by atoms with Gasteiger partial charge in [0.25, 0.3) is 0 Å². The summed E-state index contributed by atoms with van der Waals surface area (Å²) in [6.07, 6.45) is 3.13. The van der Waals surface area contributed by atoms with Crippen molar-refractivity contribution in [1.82, 2.24) is 9.62 Å². The van der Waals surface area contributed by atoms with Crippen LogP contribution < -0.4 is 4.72 Å². The summed E-state index contributed by atoms with van der Waals surface area (Å²) in [5.74, 6) is 0. The van der Waals surface area contributed by atoms with Crippen LogP contribution >= 0.6 is 22.7 Å². The smallest absolute Gasteiger partial charge is 0.208 e. The Labute approximate surface area is 139 Å². The van der Waals surface area contributed by atoms with Crippen LogP contribution in [0.5, 0.6) is 0 Å². The molecule has 0 saturated carbocycles. The van der Waals surface area contributed by atoms with Crippen LogP contribution in [0.1, 0.15) is 27.8 Å². The van der Waals surface area contributed by atoms with Crippen LogP contribution in [-0.4, -0.2) is 39.2 Å². The number of hydrogen-bond acceptors (Lipinski definition) is 5. The maximum absolute atomic E-state index is 11.1. The van der Waals surface area contributed by atoms with Gasteiger partial charge in [-0.05, 0) is 41.3 Å². The van der Waals surface area contributed by atoms with Crippen molar-refractivity contribution < 1.29 is 8.42 Å². The van der Waals surface area contributed by atoms with Crippen molar-refractivity contribution in [2.45, 2.75) is 18.9 Å². The molecular weight excluding hydrogens is 336 g/mol. The first-order valence-electron chi connectivity index (χ1n) is 7.33. The Kier molecular flexibility index (Phi) is 4.99. The lowest BCUT2D eigenvalue weighted by Crippen LogP contribution is -2.37. The van der Waals surface area contributed by atoms with Gasteiger partial charge in [-0.25, -0.2) is 13.1 Å². The van der Waals surface area contributed by atoms with E-state index in [0.717, 1.165) is 25.9 Å². The van der Waals surface area contributed by atoms with Crippen molar-refractivity contribution >= 4 is 32.7 Å². The Morgan fingerprint density at radius 3 is 2.91 bits per heavy atom. The van der Waals surface area contributed by atoms with Crippen molar-refractivity contribution in [2.24, 2.45) is 0 Å². The minimum atomic E-state index is -3.09. The van der Waals surface area contributed by atoms with E-state index in [1.807, 2.05) is 11.3 Å². The molecule has 2 aromatic rings. The summed E-state index contributed by atoms with van der Waals surface area (Å²) in [5, 5.41) is 4.30. The molecule has 2 aromatic heterocycles. The predicted octanol–water partition coefficient (Wildman–Crippen LogP) is 2.70. The van der Waals surface area contributed by atoms with Gasteiger partial charge in [-0.2, -0.15) is 0 Å². The Bertz CT molecular complexity index is 707. The Morgan fingerprint density at radius 2 is 2.18 bits per heavy atom. The molecule has 22 heavy (non-hydrogen) atoms. The fourth-order valence-corrected chi connectivity index (χ4v) is 5.22. The van der Waals surface area contributed by atoms with E-state index in [-0.39, 0.29) is 0 Å². The van der Waals surface area contributed by atoms with E-state index in [0.29, 0.717) is 12.6 Å². The fraction of sp³-hybridized carbons (Fsp3) is 0.467. The highest BCUT2D eigenvalue weighted by molar-refractivity contribution is 7.88. The van der Waals surface area contributed by atoms with E-state index >= 15 is 0 Å². The van der Waals surface area contributed by atoms with Crippen molar-refractivity contribution in [3.8, 4) is 0 Å². The van der Waals surface area contributed by atoms with E-state index in [4.69, 9.17) is 0 Å². The molecule has 0 radical (unpaired) electrons. The van der Waals surface area contributed by atoms with E-state index in [9.17, 15) is 8.42 Å². The van der Waals surface area contributed by atoms with E-state index in [1.54, 1.807) is 11.3 Å². The summed E-state index contributed by atoms with van der Waals surface area (Å²) in [5.41, 5.74) is 1.43. The van der Waals surface area contributed by atoms with Crippen LogP contribution in [0.25, 0.3) is 0 Å². The molecule has 1 aliphatic rings. The standard InChI is InChI=1S/C15H20N2O2S3/c1-22(18,19)16-7-3-8-17-9-5-13-12(6-11-21-13)15(17)14-4-2-10-20-14/h2,4,6,10-11,15-16H,3,5,7-9H2,1H3. The molecule has 3 rings (SSSR count). The van der Waals surface area contributed by atoms with Crippen LogP contribution in [0.15, 0.2) is 29.0 Å². The first kappa shape index (κ1) is 16.1. The summed E-state index contributed by atoms with van der Waals surface area (Å²) in [4.78, 5) is 5.34. The number of hydrogen-bond donors (Lipinski definition) is 1. The normalized spacial score (nSPS) is 19.2. The van der Waals surface area contributed by atoms with E-state index in [1.165, 1.54) is 21.6 Å². The Balaban J connectivity index is 1.70. The molecule has 0 saturated heterocycles. The van der Waals surface area contributed by atoms with Crippen molar-refractivity contribution in [2.75, 3.05) is 25.9 Å². The highest BCUT2D eigenvalue weighted by Crippen LogP contribution is 2.39. The number of sulfonamides is 1. The summed E-state index contributed by atoms with van der Waals surface area (Å²) < 4.78 is 24.9. The molecule has 0 aromatic carbocycles. The van der Waals surface area contributed by atoms with Crippen molar-refractivity contribution in [3.63, 3.8) is 0 Å². The molecule has 1 unspecified atom stereocenters. The second kappa shape index (κ2) is 6.80. The largest absolute Gasteiger partial charge is 0.291 e. The summed E-state index contributed by atoms with van der Waals surface area (Å²) in [6, 6.07) is 6.87. The monoisotopic (exact) mass is 356 g/mol. The minimum absolute atomic E-state index is 0.327. The molecule has 3 heterocycles. The van der Waals surface area contributed by atoms with Crippen LogP contribution in [-0.2, 0) is 16.4 Å². The average molecular weight is 357 g/mol. The van der Waals surface area contributed by atoms with Gasteiger partial charge in [-0.3, -0.25) is 4.90 Å². The van der Waals surface area contributed by atoms with Gasteiger partial charge in [0, 0.05) is 29.4 Å². The molecule has 1 atom stereocenters. The average Bonchev–Trinajstić information content (AvgIpc) is 3.12. The zero-order valence-corrected chi connectivity index (χ0v) is 14.9. The summed E-state index contributed by atoms with van der Waals surface area (Å²) >= 11 is 3.64. The van der Waals surface area contributed by atoms with E-state index < -0.39 is 10.0 Å². The molecule has 0 fully saturated rings. The van der Waals surface area contributed by atoms with Gasteiger partial charge in [0.2, 0.25) is 10.0 Å². The van der Waals surface area contributed by atoms with Crippen LogP contribution in [0.3, 0.4) is 0 Å². The minimum Gasteiger partial charge on any atom is -0.291 e. The lowest BCUT2D eigenvalue weighted by atomic mass is 9.98. The van der Waals surface area contributed by atoms with Crippen molar-refractivity contribution in [3.05, 3.63) is 44.3 Å². The van der Waals surface area contributed by atoms with E-state index in [2.05, 4.69) is 38.6 Å². The molecule has 0 bridgehead atoms. The molecule has 120 valence electrons. The lowest BCUT2D eigenvalue weighted by molar-refractivity contribution is 0.216. The maximum atomic E-state index is 11.1. The molecule has 4 nitrogen and oxygen atoms in total. The first-order valence-corrected chi connectivity index (χ1v) is 11.0.